The van der Waals surface area contributed by atoms with Crippen molar-refractivity contribution in [2.24, 2.45) is 5.92 Å². The maximum absolute atomic E-state index is 12.3. The van der Waals surface area contributed by atoms with Gasteiger partial charge in [-0.25, -0.2) is 0 Å². The Morgan fingerprint density at radius 2 is 2.00 bits per heavy atom. The van der Waals surface area contributed by atoms with Gasteiger partial charge in [-0.2, -0.15) is 0 Å². The molecule has 1 N–H and O–H groups in total. The molecule has 2 unspecified atom stereocenters. The highest BCUT2D eigenvalue weighted by Crippen LogP contribution is 2.16. The fraction of sp³-hybridized carbons (Fsp3) is 0.500. The van der Waals surface area contributed by atoms with Crippen LogP contribution in [0.1, 0.15) is 37.0 Å². The van der Waals surface area contributed by atoms with Crippen LogP contribution in [0.5, 0.6) is 0 Å². The third-order valence-electron chi connectivity index (χ3n) is 3.72. The number of carbonyl (C=O) groups excluding carboxylic acids is 2. The first-order valence-corrected chi connectivity index (χ1v) is 7.22. The largest absolute Gasteiger partial charge is 0.341 e. The van der Waals surface area contributed by atoms with E-state index in [0.717, 1.165) is 19.5 Å². The second-order valence-electron chi connectivity index (χ2n) is 5.59. The average molecular weight is 274 g/mol. The van der Waals surface area contributed by atoms with E-state index in [1.165, 1.54) is 6.42 Å². The molecule has 1 aliphatic rings. The van der Waals surface area contributed by atoms with Gasteiger partial charge in [0.05, 0.1) is 0 Å². The highest BCUT2D eigenvalue weighted by atomic mass is 16.2. The van der Waals surface area contributed by atoms with Gasteiger partial charge in [0.2, 0.25) is 5.91 Å². The van der Waals surface area contributed by atoms with Gasteiger partial charge in [-0.05, 0) is 37.8 Å². The van der Waals surface area contributed by atoms with Crippen LogP contribution < -0.4 is 5.32 Å². The molecule has 1 aromatic rings. The minimum atomic E-state index is -0.479. The van der Waals surface area contributed by atoms with E-state index in [0.29, 0.717) is 11.5 Å². The number of rotatable bonds is 3. The van der Waals surface area contributed by atoms with E-state index in [4.69, 9.17) is 0 Å². The lowest BCUT2D eigenvalue weighted by Crippen LogP contribution is -2.49. The van der Waals surface area contributed by atoms with Crippen LogP contribution in [0.4, 0.5) is 0 Å². The molecular formula is C16H22N2O2. The number of nitrogens with one attached hydrogen (secondary N) is 1. The van der Waals surface area contributed by atoms with Crippen molar-refractivity contribution in [3.63, 3.8) is 0 Å². The van der Waals surface area contributed by atoms with Gasteiger partial charge in [-0.15, -0.1) is 0 Å². The molecule has 4 heteroatoms. The van der Waals surface area contributed by atoms with E-state index < -0.39 is 6.04 Å². The highest BCUT2D eigenvalue weighted by molar-refractivity contribution is 5.97. The lowest BCUT2D eigenvalue weighted by Gasteiger charge is -2.32. The Labute approximate surface area is 120 Å². The Morgan fingerprint density at radius 3 is 2.65 bits per heavy atom. The van der Waals surface area contributed by atoms with E-state index in [1.54, 1.807) is 19.1 Å². The van der Waals surface area contributed by atoms with Crippen molar-refractivity contribution < 1.29 is 9.59 Å². The van der Waals surface area contributed by atoms with Gasteiger partial charge < -0.3 is 10.2 Å². The van der Waals surface area contributed by atoms with Crippen LogP contribution >= 0.6 is 0 Å². The second-order valence-corrected chi connectivity index (χ2v) is 5.59. The third-order valence-corrected chi connectivity index (χ3v) is 3.72. The number of hydrogen-bond donors (Lipinski definition) is 1. The van der Waals surface area contributed by atoms with Crippen LogP contribution in [0.25, 0.3) is 0 Å². The van der Waals surface area contributed by atoms with Crippen molar-refractivity contribution in [1.82, 2.24) is 10.2 Å². The van der Waals surface area contributed by atoms with E-state index in [1.807, 2.05) is 23.1 Å². The van der Waals surface area contributed by atoms with Gasteiger partial charge in [0.15, 0.2) is 0 Å². The van der Waals surface area contributed by atoms with Crippen molar-refractivity contribution in [3.8, 4) is 0 Å². The summed E-state index contributed by atoms with van der Waals surface area (Å²) in [7, 11) is 0. The molecule has 1 aliphatic heterocycles. The summed E-state index contributed by atoms with van der Waals surface area (Å²) in [6.07, 6.45) is 2.22. The van der Waals surface area contributed by atoms with E-state index >= 15 is 0 Å². The molecule has 0 aromatic heterocycles. The maximum Gasteiger partial charge on any atom is 0.251 e. The van der Waals surface area contributed by atoms with Crippen LogP contribution in [0, 0.1) is 5.92 Å². The molecule has 0 spiro atoms. The normalized spacial score (nSPS) is 20.3. The molecule has 1 saturated heterocycles. The van der Waals surface area contributed by atoms with Crippen LogP contribution in [-0.4, -0.2) is 35.8 Å². The van der Waals surface area contributed by atoms with E-state index in [-0.39, 0.29) is 11.8 Å². The Morgan fingerprint density at radius 1 is 1.30 bits per heavy atom. The molecule has 1 heterocycles. The van der Waals surface area contributed by atoms with Crippen molar-refractivity contribution >= 4 is 11.8 Å². The molecule has 2 atom stereocenters. The van der Waals surface area contributed by atoms with Crippen molar-refractivity contribution in [3.05, 3.63) is 35.9 Å². The average Bonchev–Trinajstić information content (AvgIpc) is 2.47. The van der Waals surface area contributed by atoms with E-state index in [9.17, 15) is 9.59 Å². The van der Waals surface area contributed by atoms with Gasteiger partial charge in [0, 0.05) is 18.7 Å². The zero-order chi connectivity index (χ0) is 14.5. The highest BCUT2D eigenvalue weighted by Gasteiger charge is 2.25. The monoisotopic (exact) mass is 274 g/mol. The predicted octanol–water partition coefficient (Wildman–Crippen LogP) is 2.06. The van der Waals surface area contributed by atoms with Crippen LogP contribution in [-0.2, 0) is 4.79 Å². The lowest BCUT2D eigenvalue weighted by molar-refractivity contribution is -0.134. The summed E-state index contributed by atoms with van der Waals surface area (Å²) >= 11 is 0. The number of piperidine rings is 1. The predicted molar refractivity (Wildman–Crippen MR) is 78.3 cm³/mol. The molecular weight excluding hydrogens is 252 g/mol. The first-order valence-electron chi connectivity index (χ1n) is 7.22. The molecule has 0 bridgehead atoms. The minimum Gasteiger partial charge on any atom is -0.341 e. The Kier molecular flexibility index (Phi) is 4.77. The standard InChI is InChI=1S/C16H22N2O2/c1-12-7-6-10-18(11-12)16(20)13(2)17-15(19)14-8-4-3-5-9-14/h3-5,8-9,12-13H,6-7,10-11H2,1-2H3,(H,17,19). The summed E-state index contributed by atoms with van der Waals surface area (Å²) in [4.78, 5) is 26.2. The van der Waals surface area contributed by atoms with Crippen LogP contribution in [0.15, 0.2) is 30.3 Å². The number of hydrogen-bond acceptors (Lipinski definition) is 2. The summed E-state index contributed by atoms with van der Waals surface area (Å²) in [6.45, 7) is 5.51. The molecule has 20 heavy (non-hydrogen) atoms. The molecule has 108 valence electrons. The number of benzene rings is 1. The fourth-order valence-electron chi connectivity index (χ4n) is 2.59. The fourth-order valence-corrected chi connectivity index (χ4v) is 2.59. The summed E-state index contributed by atoms with van der Waals surface area (Å²) in [5.41, 5.74) is 0.583. The first-order chi connectivity index (χ1) is 9.58. The molecule has 2 amide bonds. The second kappa shape index (κ2) is 6.55. The maximum atomic E-state index is 12.3. The summed E-state index contributed by atoms with van der Waals surface area (Å²) in [6, 6.07) is 8.50. The Balaban J connectivity index is 1.92. The van der Waals surface area contributed by atoms with Gasteiger partial charge in [0.1, 0.15) is 6.04 Å². The quantitative estimate of drug-likeness (QED) is 0.917. The van der Waals surface area contributed by atoms with Gasteiger partial charge in [0.25, 0.3) is 5.91 Å². The molecule has 4 nitrogen and oxygen atoms in total. The third kappa shape index (κ3) is 3.59. The smallest absolute Gasteiger partial charge is 0.251 e. The summed E-state index contributed by atoms with van der Waals surface area (Å²) in [5, 5.41) is 2.78. The minimum absolute atomic E-state index is 0.0147. The van der Waals surface area contributed by atoms with Crippen molar-refractivity contribution in [2.45, 2.75) is 32.7 Å². The lowest BCUT2D eigenvalue weighted by atomic mass is 10.00. The summed E-state index contributed by atoms with van der Waals surface area (Å²) in [5.74, 6) is 0.363. The molecule has 2 rings (SSSR count). The van der Waals surface area contributed by atoms with Gasteiger partial charge in [-0.1, -0.05) is 25.1 Å². The van der Waals surface area contributed by atoms with Crippen LogP contribution in [0.2, 0.25) is 0 Å². The molecule has 0 saturated carbocycles. The number of likely N-dealkylation sites (tertiary alicyclic amines) is 1. The molecule has 0 aliphatic carbocycles. The van der Waals surface area contributed by atoms with Crippen molar-refractivity contribution in [1.29, 1.82) is 0 Å². The Bertz CT molecular complexity index is 473. The van der Waals surface area contributed by atoms with E-state index in [2.05, 4.69) is 12.2 Å². The summed E-state index contributed by atoms with van der Waals surface area (Å²) < 4.78 is 0. The zero-order valence-electron chi connectivity index (χ0n) is 12.1. The van der Waals surface area contributed by atoms with Gasteiger partial charge >= 0.3 is 0 Å². The zero-order valence-corrected chi connectivity index (χ0v) is 12.1. The molecule has 1 aromatic carbocycles. The number of amides is 2. The first kappa shape index (κ1) is 14.6. The van der Waals surface area contributed by atoms with Crippen LogP contribution in [0.3, 0.4) is 0 Å². The molecule has 1 fully saturated rings. The van der Waals surface area contributed by atoms with Crippen molar-refractivity contribution in [2.75, 3.05) is 13.1 Å². The topological polar surface area (TPSA) is 49.4 Å². The number of carbonyl (C=O) groups is 2. The SMILES string of the molecule is CC1CCCN(C(=O)C(C)NC(=O)c2ccccc2)C1. The Hall–Kier alpha value is -1.84. The number of nitrogens with zero attached hydrogens (tertiary/aromatic N) is 1. The van der Waals surface area contributed by atoms with Gasteiger partial charge in [-0.3, -0.25) is 9.59 Å². The molecule has 0 radical (unpaired) electrons.